The molecule has 1 aromatic heterocycles. The van der Waals surface area contributed by atoms with Crippen LogP contribution in [0.25, 0.3) is 33.3 Å². The minimum absolute atomic E-state index is 0.0830. The van der Waals surface area contributed by atoms with Crippen molar-refractivity contribution in [2.75, 3.05) is 6.61 Å². The zero-order chi connectivity index (χ0) is 21.1. The molecule has 3 aromatic carbocycles. The Labute approximate surface area is 179 Å². The Kier molecular flexibility index (Phi) is 5.80. The molecule has 0 N–H and O–H groups in total. The molecule has 1 heterocycles. The summed E-state index contributed by atoms with van der Waals surface area (Å²) in [6.45, 7) is 9.63. The van der Waals surface area contributed by atoms with E-state index >= 15 is 0 Å². The predicted molar refractivity (Wildman–Crippen MR) is 125 cm³/mol. The highest BCUT2D eigenvalue weighted by Crippen LogP contribution is 2.33. The van der Waals surface area contributed by atoms with Gasteiger partial charge in [-0.1, -0.05) is 65.2 Å². The molecule has 3 nitrogen and oxygen atoms in total. The zero-order valence-electron chi connectivity index (χ0n) is 18.5. The molecule has 3 heteroatoms. The molecule has 0 radical (unpaired) electrons. The van der Waals surface area contributed by atoms with Gasteiger partial charge in [0, 0.05) is 5.56 Å². The lowest BCUT2D eigenvalue weighted by Gasteiger charge is -2.18. The topological polar surface area (TPSA) is 35.3 Å². The quantitative estimate of drug-likeness (QED) is 0.295. The van der Waals surface area contributed by atoms with Crippen molar-refractivity contribution in [3.05, 3.63) is 60.2 Å². The minimum Gasteiger partial charge on any atom is -0.494 e. The fourth-order valence-corrected chi connectivity index (χ4v) is 3.77. The summed E-state index contributed by atoms with van der Waals surface area (Å²) < 4.78 is 12.1. The van der Waals surface area contributed by atoms with E-state index in [0.29, 0.717) is 5.89 Å². The summed E-state index contributed by atoms with van der Waals surface area (Å²) in [5.41, 5.74) is 4.08. The number of oxazole rings is 1. The maximum absolute atomic E-state index is 6.12. The van der Waals surface area contributed by atoms with E-state index in [1.165, 1.54) is 24.8 Å². The number of nitrogens with zero attached hydrogens (tertiary/aromatic N) is 1. The van der Waals surface area contributed by atoms with E-state index in [4.69, 9.17) is 14.1 Å². The van der Waals surface area contributed by atoms with Gasteiger partial charge in [-0.3, -0.25) is 0 Å². The number of fused-ring (bicyclic) bond motifs is 2. The molecule has 0 saturated heterocycles. The lowest BCUT2D eigenvalue weighted by Crippen LogP contribution is -2.10. The van der Waals surface area contributed by atoms with Crippen molar-refractivity contribution in [1.82, 2.24) is 4.98 Å². The predicted octanol–water partition coefficient (Wildman–Crippen LogP) is 7.90. The molecule has 0 unspecified atom stereocenters. The van der Waals surface area contributed by atoms with Crippen LogP contribution in [0, 0.1) is 0 Å². The number of hydrogen-bond acceptors (Lipinski definition) is 3. The second-order valence-electron chi connectivity index (χ2n) is 9.05. The van der Waals surface area contributed by atoms with Gasteiger partial charge in [-0.05, 0) is 64.6 Å². The number of aromatic nitrogens is 1. The van der Waals surface area contributed by atoms with Crippen molar-refractivity contribution >= 4 is 21.9 Å². The van der Waals surface area contributed by atoms with Gasteiger partial charge in [0.1, 0.15) is 11.3 Å². The van der Waals surface area contributed by atoms with E-state index in [1.54, 1.807) is 0 Å². The lowest BCUT2D eigenvalue weighted by atomic mass is 9.87. The third-order valence-electron chi connectivity index (χ3n) is 5.60. The summed E-state index contributed by atoms with van der Waals surface area (Å²) in [7, 11) is 0. The van der Waals surface area contributed by atoms with E-state index in [1.807, 2.05) is 12.1 Å². The normalized spacial score (nSPS) is 12.0. The molecule has 0 amide bonds. The molecule has 0 saturated carbocycles. The van der Waals surface area contributed by atoms with Crippen LogP contribution < -0.4 is 4.74 Å². The third kappa shape index (κ3) is 4.35. The number of benzene rings is 3. The van der Waals surface area contributed by atoms with Crippen LogP contribution in [0.3, 0.4) is 0 Å². The molecular weight excluding hydrogens is 370 g/mol. The molecule has 0 atom stereocenters. The Bertz CT molecular complexity index is 1150. The van der Waals surface area contributed by atoms with Gasteiger partial charge in [0.2, 0.25) is 5.89 Å². The average Bonchev–Trinajstić information content (AvgIpc) is 3.15. The van der Waals surface area contributed by atoms with Crippen LogP contribution >= 0.6 is 0 Å². The molecule has 0 aliphatic heterocycles. The molecule has 4 rings (SSSR count). The molecule has 0 aliphatic carbocycles. The first-order valence-corrected chi connectivity index (χ1v) is 11.0. The van der Waals surface area contributed by atoms with Crippen LogP contribution in [0.2, 0.25) is 0 Å². The first-order chi connectivity index (χ1) is 14.5. The molecule has 0 spiro atoms. The van der Waals surface area contributed by atoms with Gasteiger partial charge in [-0.15, -0.1) is 0 Å². The van der Waals surface area contributed by atoms with Gasteiger partial charge in [-0.25, -0.2) is 4.98 Å². The maximum atomic E-state index is 6.12. The number of unbranched alkanes of at least 4 members (excludes halogenated alkanes) is 3. The van der Waals surface area contributed by atoms with Crippen molar-refractivity contribution in [2.24, 2.45) is 0 Å². The lowest BCUT2D eigenvalue weighted by molar-refractivity contribution is 0.305. The monoisotopic (exact) mass is 401 g/mol. The Morgan fingerprint density at radius 2 is 1.80 bits per heavy atom. The summed E-state index contributed by atoms with van der Waals surface area (Å²) in [5.74, 6) is 1.58. The highest BCUT2D eigenvalue weighted by Gasteiger charge is 2.17. The van der Waals surface area contributed by atoms with Gasteiger partial charge in [0.15, 0.2) is 5.58 Å². The molecule has 30 heavy (non-hydrogen) atoms. The standard InChI is InChI=1S/C27H31NO2/c1-5-6-7-8-16-29-21-13-14-22-19(17-21)10-9-11-23(22)26-28-24-18-20(27(2,3)4)12-15-25(24)30-26/h9-15,17-18H,5-8,16H2,1-4H3. The van der Waals surface area contributed by atoms with Gasteiger partial charge in [-0.2, -0.15) is 0 Å². The second-order valence-corrected chi connectivity index (χ2v) is 9.05. The highest BCUT2D eigenvalue weighted by molar-refractivity contribution is 5.96. The van der Waals surface area contributed by atoms with Crippen LogP contribution in [0.1, 0.15) is 58.9 Å². The number of rotatable bonds is 7. The zero-order valence-corrected chi connectivity index (χ0v) is 18.5. The summed E-state index contributed by atoms with van der Waals surface area (Å²) in [6, 6.07) is 18.8. The molecule has 0 bridgehead atoms. The van der Waals surface area contributed by atoms with Gasteiger partial charge in [0.05, 0.1) is 6.61 Å². The van der Waals surface area contributed by atoms with Crippen molar-refractivity contribution < 1.29 is 9.15 Å². The Morgan fingerprint density at radius 3 is 2.60 bits per heavy atom. The van der Waals surface area contributed by atoms with E-state index in [-0.39, 0.29) is 5.41 Å². The van der Waals surface area contributed by atoms with Gasteiger partial charge < -0.3 is 9.15 Å². The summed E-state index contributed by atoms with van der Waals surface area (Å²) in [4.78, 5) is 4.81. The minimum atomic E-state index is 0.0830. The highest BCUT2D eigenvalue weighted by atomic mass is 16.5. The van der Waals surface area contributed by atoms with E-state index < -0.39 is 0 Å². The van der Waals surface area contributed by atoms with Crippen LogP contribution in [0.4, 0.5) is 0 Å². The average molecular weight is 402 g/mol. The second kappa shape index (κ2) is 8.51. The fourth-order valence-electron chi connectivity index (χ4n) is 3.77. The van der Waals surface area contributed by atoms with E-state index in [0.717, 1.165) is 46.2 Å². The molecule has 0 aliphatic rings. The van der Waals surface area contributed by atoms with E-state index in [9.17, 15) is 0 Å². The SMILES string of the molecule is CCCCCCOc1ccc2c(-c3nc4cc(C(C)(C)C)ccc4o3)cccc2c1. The van der Waals surface area contributed by atoms with Gasteiger partial charge >= 0.3 is 0 Å². The molecule has 4 aromatic rings. The third-order valence-corrected chi connectivity index (χ3v) is 5.60. The van der Waals surface area contributed by atoms with Crippen molar-refractivity contribution in [1.29, 1.82) is 0 Å². The smallest absolute Gasteiger partial charge is 0.227 e. The molecule has 0 fully saturated rings. The number of hydrogen-bond donors (Lipinski definition) is 0. The molecular formula is C27H31NO2. The van der Waals surface area contributed by atoms with Crippen LogP contribution in [0.5, 0.6) is 5.75 Å². The Balaban J connectivity index is 1.62. The van der Waals surface area contributed by atoms with Crippen LogP contribution in [-0.2, 0) is 5.41 Å². The van der Waals surface area contributed by atoms with E-state index in [2.05, 4.69) is 70.2 Å². The van der Waals surface area contributed by atoms with Gasteiger partial charge in [0.25, 0.3) is 0 Å². The Hall–Kier alpha value is -2.81. The maximum Gasteiger partial charge on any atom is 0.227 e. The van der Waals surface area contributed by atoms with Crippen LogP contribution in [0.15, 0.2) is 59.0 Å². The largest absolute Gasteiger partial charge is 0.494 e. The van der Waals surface area contributed by atoms with Crippen molar-refractivity contribution in [2.45, 2.75) is 58.8 Å². The summed E-state index contributed by atoms with van der Waals surface area (Å²) >= 11 is 0. The first kappa shape index (κ1) is 20.5. The van der Waals surface area contributed by atoms with Crippen molar-refractivity contribution in [3.63, 3.8) is 0 Å². The summed E-state index contributed by atoms with van der Waals surface area (Å²) in [6.07, 6.45) is 4.84. The van der Waals surface area contributed by atoms with Crippen LogP contribution in [-0.4, -0.2) is 11.6 Å². The van der Waals surface area contributed by atoms with Crippen molar-refractivity contribution in [3.8, 4) is 17.2 Å². The fraction of sp³-hybridized carbons (Fsp3) is 0.370. The molecule has 156 valence electrons. The first-order valence-electron chi connectivity index (χ1n) is 11.0. The number of ether oxygens (including phenoxy) is 1. The summed E-state index contributed by atoms with van der Waals surface area (Å²) in [5, 5.41) is 2.26. The Morgan fingerprint density at radius 1 is 0.933 bits per heavy atom.